The van der Waals surface area contributed by atoms with Crippen LogP contribution in [-0.4, -0.2) is 40.1 Å². The van der Waals surface area contributed by atoms with Crippen LogP contribution in [0.25, 0.3) is 0 Å². The predicted octanol–water partition coefficient (Wildman–Crippen LogP) is 2.96. The Bertz CT molecular complexity index is 725. The fraction of sp³-hybridized carbons (Fsp3) is 0.353. The van der Waals surface area contributed by atoms with E-state index < -0.39 is 5.91 Å². The van der Waals surface area contributed by atoms with E-state index in [4.69, 9.17) is 28.9 Å². The van der Waals surface area contributed by atoms with Crippen LogP contribution in [-0.2, 0) is 6.54 Å². The van der Waals surface area contributed by atoms with Crippen LogP contribution in [0.15, 0.2) is 30.3 Å². The number of piperidine rings is 1. The van der Waals surface area contributed by atoms with Gasteiger partial charge in [-0.05, 0) is 48.7 Å². The lowest BCUT2D eigenvalue weighted by Gasteiger charge is -2.32. The van der Waals surface area contributed by atoms with E-state index in [0.717, 1.165) is 38.0 Å². The summed E-state index contributed by atoms with van der Waals surface area (Å²) in [7, 11) is 0. The third-order valence-corrected chi connectivity index (χ3v) is 4.62. The summed E-state index contributed by atoms with van der Waals surface area (Å²) in [5, 5.41) is 12.5. The molecular formula is C17H19Cl2N5O. The Kier molecular flexibility index (Phi) is 5.73. The van der Waals surface area contributed by atoms with Gasteiger partial charge in [0.05, 0.1) is 0 Å². The zero-order chi connectivity index (χ0) is 17.8. The van der Waals surface area contributed by atoms with E-state index >= 15 is 0 Å². The van der Waals surface area contributed by atoms with E-state index in [1.54, 1.807) is 18.2 Å². The summed E-state index contributed by atoms with van der Waals surface area (Å²) in [6.45, 7) is 2.77. The quantitative estimate of drug-likeness (QED) is 0.833. The second-order valence-corrected chi connectivity index (χ2v) is 7.01. The summed E-state index contributed by atoms with van der Waals surface area (Å²) < 4.78 is 0. The maximum Gasteiger partial charge on any atom is 0.269 e. The number of rotatable bonds is 5. The fourth-order valence-electron chi connectivity index (χ4n) is 2.95. The smallest absolute Gasteiger partial charge is 0.269 e. The van der Waals surface area contributed by atoms with Gasteiger partial charge in [-0.25, -0.2) is 0 Å². The van der Waals surface area contributed by atoms with Gasteiger partial charge in [0.2, 0.25) is 0 Å². The van der Waals surface area contributed by atoms with Crippen molar-refractivity contribution < 1.29 is 4.79 Å². The molecule has 8 heteroatoms. The Hall–Kier alpha value is -1.89. The van der Waals surface area contributed by atoms with E-state index in [-0.39, 0.29) is 5.69 Å². The zero-order valence-corrected chi connectivity index (χ0v) is 15.1. The molecule has 0 bridgehead atoms. The number of halogens is 2. The number of likely N-dealkylation sites (tertiary alicyclic amines) is 1. The average Bonchev–Trinajstić information content (AvgIpc) is 2.56. The second kappa shape index (κ2) is 7.99. The van der Waals surface area contributed by atoms with Gasteiger partial charge in [0.15, 0.2) is 5.69 Å². The lowest BCUT2D eigenvalue weighted by molar-refractivity contribution is 0.0994. The lowest BCUT2D eigenvalue weighted by atomic mass is 10.0. The van der Waals surface area contributed by atoms with Gasteiger partial charge < -0.3 is 11.1 Å². The number of aromatic nitrogens is 2. The molecule has 0 atom stereocenters. The molecule has 0 saturated carbocycles. The molecule has 1 fully saturated rings. The molecule has 2 heterocycles. The number of carbonyl (C=O) groups is 1. The molecule has 3 N–H and O–H groups in total. The first-order valence-electron chi connectivity index (χ1n) is 8.07. The molecule has 1 aromatic carbocycles. The van der Waals surface area contributed by atoms with Crippen molar-refractivity contribution in [1.29, 1.82) is 0 Å². The highest BCUT2D eigenvalue weighted by atomic mass is 35.5. The van der Waals surface area contributed by atoms with E-state index in [0.29, 0.717) is 21.9 Å². The van der Waals surface area contributed by atoms with Gasteiger partial charge in [-0.3, -0.25) is 9.69 Å². The Morgan fingerprint density at radius 3 is 2.40 bits per heavy atom. The van der Waals surface area contributed by atoms with Crippen LogP contribution >= 0.6 is 23.2 Å². The molecule has 0 aliphatic carbocycles. The third-order valence-electron chi connectivity index (χ3n) is 4.19. The predicted molar refractivity (Wildman–Crippen MR) is 98.9 cm³/mol. The van der Waals surface area contributed by atoms with Crippen molar-refractivity contribution in [2.24, 2.45) is 5.73 Å². The number of carbonyl (C=O) groups excluding carboxylic acids is 1. The van der Waals surface area contributed by atoms with E-state index in [2.05, 4.69) is 20.4 Å². The standard InChI is InChI=1S/C17H19Cl2N5O/c18-12-7-11(8-13(19)9-12)10-24-5-3-14(4-6-24)21-16-2-1-15(17(20)25)22-23-16/h1-2,7-9,14H,3-6,10H2,(H2,20,25)(H,21,23). The van der Waals surface area contributed by atoms with Gasteiger partial charge in [-0.2, -0.15) is 0 Å². The van der Waals surface area contributed by atoms with Gasteiger partial charge >= 0.3 is 0 Å². The van der Waals surface area contributed by atoms with Gasteiger partial charge in [0, 0.05) is 35.7 Å². The first-order chi connectivity index (χ1) is 12.0. The Labute approximate surface area is 156 Å². The monoisotopic (exact) mass is 379 g/mol. The Morgan fingerprint density at radius 1 is 1.16 bits per heavy atom. The van der Waals surface area contributed by atoms with Crippen LogP contribution in [0.5, 0.6) is 0 Å². The minimum atomic E-state index is -0.575. The number of hydrogen-bond acceptors (Lipinski definition) is 5. The first kappa shape index (κ1) is 17.9. The summed E-state index contributed by atoms with van der Waals surface area (Å²) in [6.07, 6.45) is 1.99. The van der Waals surface area contributed by atoms with Crippen molar-refractivity contribution in [1.82, 2.24) is 15.1 Å². The van der Waals surface area contributed by atoms with Crippen molar-refractivity contribution in [2.75, 3.05) is 18.4 Å². The molecule has 132 valence electrons. The highest BCUT2D eigenvalue weighted by Crippen LogP contribution is 2.22. The average molecular weight is 380 g/mol. The molecule has 1 aliphatic rings. The summed E-state index contributed by atoms with van der Waals surface area (Å²) in [5.41, 5.74) is 6.45. The highest BCUT2D eigenvalue weighted by Gasteiger charge is 2.20. The van der Waals surface area contributed by atoms with Crippen LogP contribution < -0.4 is 11.1 Å². The minimum Gasteiger partial charge on any atom is -0.366 e. The van der Waals surface area contributed by atoms with Crippen molar-refractivity contribution >= 4 is 34.9 Å². The fourth-order valence-corrected chi connectivity index (χ4v) is 3.52. The maximum absolute atomic E-state index is 11.0. The molecule has 25 heavy (non-hydrogen) atoms. The number of nitrogens with two attached hydrogens (primary N) is 1. The van der Waals surface area contributed by atoms with E-state index in [9.17, 15) is 4.79 Å². The number of anilines is 1. The molecule has 2 aromatic rings. The molecule has 0 radical (unpaired) electrons. The molecule has 0 spiro atoms. The van der Waals surface area contributed by atoms with Crippen LogP contribution in [0.3, 0.4) is 0 Å². The maximum atomic E-state index is 11.0. The zero-order valence-electron chi connectivity index (χ0n) is 13.6. The van der Waals surface area contributed by atoms with Crippen molar-refractivity contribution in [3.05, 3.63) is 51.6 Å². The van der Waals surface area contributed by atoms with Crippen LogP contribution in [0.4, 0.5) is 5.82 Å². The molecule has 1 aromatic heterocycles. The number of hydrogen-bond donors (Lipinski definition) is 2. The number of primary amides is 1. The van der Waals surface area contributed by atoms with Gasteiger partial charge in [-0.15, -0.1) is 10.2 Å². The Morgan fingerprint density at radius 2 is 1.84 bits per heavy atom. The number of benzene rings is 1. The Balaban J connectivity index is 1.50. The molecule has 0 unspecified atom stereocenters. The van der Waals surface area contributed by atoms with Crippen LogP contribution in [0.1, 0.15) is 28.9 Å². The molecule has 1 saturated heterocycles. The first-order valence-corrected chi connectivity index (χ1v) is 8.82. The summed E-state index contributed by atoms with van der Waals surface area (Å²) in [4.78, 5) is 13.4. The molecule has 1 amide bonds. The lowest BCUT2D eigenvalue weighted by Crippen LogP contribution is -2.38. The summed E-state index contributed by atoms with van der Waals surface area (Å²) in [6, 6.07) is 9.28. The van der Waals surface area contributed by atoms with Crippen molar-refractivity contribution in [2.45, 2.75) is 25.4 Å². The van der Waals surface area contributed by atoms with Crippen LogP contribution in [0, 0.1) is 0 Å². The van der Waals surface area contributed by atoms with Crippen molar-refractivity contribution in [3.8, 4) is 0 Å². The highest BCUT2D eigenvalue weighted by molar-refractivity contribution is 6.34. The van der Waals surface area contributed by atoms with E-state index in [1.165, 1.54) is 0 Å². The third kappa shape index (κ3) is 5.04. The van der Waals surface area contributed by atoms with E-state index in [1.807, 2.05) is 12.1 Å². The number of amides is 1. The molecule has 6 nitrogen and oxygen atoms in total. The van der Waals surface area contributed by atoms with Crippen molar-refractivity contribution in [3.63, 3.8) is 0 Å². The molecule has 1 aliphatic heterocycles. The SMILES string of the molecule is NC(=O)c1ccc(NC2CCN(Cc3cc(Cl)cc(Cl)c3)CC2)nn1. The second-order valence-electron chi connectivity index (χ2n) is 6.14. The largest absolute Gasteiger partial charge is 0.366 e. The summed E-state index contributed by atoms with van der Waals surface area (Å²) in [5.74, 6) is 0.0820. The number of nitrogens with one attached hydrogen (secondary N) is 1. The molecule has 3 rings (SSSR count). The van der Waals surface area contributed by atoms with Gasteiger partial charge in [0.1, 0.15) is 5.82 Å². The normalized spacial score (nSPS) is 15.9. The van der Waals surface area contributed by atoms with Crippen LogP contribution in [0.2, 0.25) is 10.0 Å². The van der Waals surface area contributed by atoms with Gasteiger partial charge in [-0.1, -0.05) is 23.2 Å². The minimum absolute atomic E-state index is 0.167. The molecular weight excluding hydrogens is 361 g/mol. The summed E-state index contributed by atoms with van der Waals surface area (Å²) >= 11 is 12.1. The topological polar surface area (TPSA) is 84.1 Å². The van der Waals surface area contributed by atoms with Gasteiger partial charge in [0.25, 0.3) is 5.91 Å². The number of nitrogens with zero attached hydrogens (tertiary/aromatic N) is 3.